The molecule has 0 aliphatic heterocycles. The molecule has 1 unspecified atom stereocenters. The molecule has 0 amide bonds. The van der Waals surface area contributed by atoms with E-state index in [0.29, 0.717) is 6.42 Å². The first kappa shape index (κ1) is 10.8. The van der Waals surface area contributed by atoms with Gasteiger partial charge in [0.05, 0.1) is 6.04 Å². The van der Waals surface area contributed by atoms with E-state index in [1.165, 1.54) is 0 Å². The Bertz CT molecular complexity index is 357. The van der Waals surface area contributed by atoms with Crippen molar-refractivity contribution < 1.29 is 4.42 Å². The predicted molar refractivity (Wildman–Crippen MR) is 56.3 cm³/mol. The van der Waals surface area contributed by atoms with Crippen molar-refractivity contribution >= 4 is 0 Å². The van der Waals surface area contributed by atoms with Crippen LogP contribution in [0.2, 0.25) is 0 Å². The molecule has 0 saturated carbocycles. The second kappa shape index (κ2) is 4.85. The number of nitrogens with two attached hydrogens (primary N) is 1. The zero-order valence-corrected chi connectivity index (χ0v) is 8.85. The van der Waals surface area contributed by atoms with E-state index in [1.54, 1.807) is 0 Å². The van der Waals surface area contributed by atoms with Gasteiger partial charge in [0.25, 0.3) is 0 Å². The lowest BCUT2D eigenvalue weighted by atomic mass is 10.1. The van der Waals surface area contributed by atoms with Crippen molar-refractivity contribution in [2.45, 2.75) is 33.2 Å². The van der Waals surface area contributed by atoms with E-state index in [9.17, 15) is 0 Å². The number of furan rings is 1. The van der Waals surface area contributed by atoms with Crippen LogP contribution in [0, 0.1) is 25.7 Å². The van der Waals surface area contributed by atoms with Crippen molar-refractivity contribution in [3.05, 3.63) is 23.2 Å². The molecule has 0 fully saturated rings. The van der Waals surface area contributed by atoms with Gasteiger partial charge in [0.2, 0.25) is 0 Å². The lowest BCUT2D eigenvalue weighted by molar-refractivity contribution is 0.487. The van der Waals surface area contributed by atoms with Gasteiger partial charge in [0, 0.05) is 12.0 Å². The molecule has 0 radical (unpaired) electrons. The summed E-state index contributed by atoms with van der Waals surface area (Å²) in [5.74, 6) is 13.1. The van der Waals surface area contributed by atoms with Crippen LogP contribution in [0.4, 0.5) is 0 Å². The number of hydrogen-bond acceptors (Lipinski definition) is 3. The SMILES string of the molecule is CC#CCC(NN)c1cc(C)oc1C. The summed E-state index contributed by atoms with van der Waals surface area (Å²) >= 11 is 0. The van der Waals surface area contributed by atoms with E-state index in [0.717, 1.165) is 17.1 Å². The van der Waals surface area contributed by atoms with E-state index in [1.807, 2.05) is 26.8 Å². The third-order valence-electron chi connectivity index (χ3n) is 2.14. The van der Waals surface area contributed by atoms with Crippen molar-refractivity contribution in [1.82, 2.24) is 5.43 Å². The normalized spacial score (nSPS) is 12.0. The predicted octanol–water partition coefficient (Wildman–Crippen LogP) is 1.81. The first-order valence-corrected chi connectivity index (χ1v) is 4.61. The number of nitrogens with one attached hydrogen (secondary N) is 1. The van der Waals surface area contributed by atoms with Gasteiger partial charge in [-0.25, -0.2) is 0 Å². The van der Waals surface area contributed by atoms with E-state index in [2.05, 4.69) is 17.3 Å². The van der Waals surface area contributed by atoms with Gasteiger partial charge in [-0.3, -0.25) is 11.3 Å². The molecule has 0 aliphatic rings. The standard InChI is InChI=1S/C11H16N2O/c1-4-5-6-11(13-12)10-7-8(2)14-9(10)3/h7,11,13H,6,12H2,1-3H3. The van der Waals surface area contributed by atoms with Gasteiger partial charge < -0.3 is 4.42 Å². The molecule has 0 aromatic carbocycles. The van der Waals surface area contributed by atoms with Crippen LogP contribution >= 0.6 is 0 Å². The fourth-order valence-electron chi connectivity index (χ4n) is 1.46. The lowest BCUT2D eigenvalue weighted by Gasteiger charge is -2.11. The summed E-state index contributed by atoms with van der Waals surface area (Å²) in [4.78, 5) is 0. The minimum atomic E-state index is 0.0555. The average molecular weight is 192 g/mol. The zero-order valence-electron chi connectivity index (χ0n) is 8.85. The smallest absolute Gasteiger partial charge is 0.105 e. The maximum Gasteiger partial charge on any atom is 0.105 e. The van der Waals surface area contributed by atoms with Crippen LogP contribution in [0.15, 0.2) is 10.5 Å². The van der Waals surface area contributed by atoms with E-state index in [-0.39, 0.29) is 6.04 Å². The third-order valence-corrected chi connectivity index (χ3v) is 2.14. The van der Waals surface area contributed by atoms with Crippen LogP contribution in [0.25, 0.3) is 0 Å². The Morgan fingerprint density at radius 3 is 2.71 bits per heavy atom. The first-order valence-electron chi connectivity index (χ1n) is 4.61. The Labute approximate surface area is 84.6 Å². The zero-order chi connectivity index (χ0) is 10.6. The molecule has 3 N–H and O–H groups in total. The van der Waals surface area contributed by atoms with Gasteiger partial charge in [-0.1, -0.05) is 0 Å². The second-order valence-corrected chi connectivity index (χ2v) is 3.22. The Morgan fingerprint density at radius 1 is 1.57 bits per heavy atom. The molecule has 14 heavy (non-hydrogen) atoms. The highest BCUT2D eigenvalue weighted by Gasteiger charge is 2.14. The van der Waals surface area contributed by atoms with Gasteiger partial charge in [0.15, 0.2) is 0 Å². The molecular formula is C11H16N2O. The van der Waals surface area contributed by atoms with Crippen LogP contribution in [0.3, 0.4) is 0 Å². The summed E-state index contributed by atoms with van der Waals surface area (Å²) in [6, 6.07) is 2.05. The van der Waals surface area contributed by atoms with Gasteiger partial charge in [-0.15, -0.1) is 11.8 Å². The molecule has 1 heterocycles. The van der Waals surface area contributed by atoms with Gasteiger partial charge in [-0.05, 0) is 26.8 Å². The van der Waals surface area contributed by atoms with Crippen LogP contribution < -0.4 is 11.3 Å². The van der Waals surface area contributed by atoms with Crippen molar-refractivity contribution in [3.63, 3.8) is 0 Å². The minimum Gasteiger partial charge on any atom is -0.466 e. The van der Waals surface area contributed by atoms with Crippen LogP contribution in [-0.4, -0.2) is 0 Å². The molecule has 0 aliphatic carbocycles. The van der Waals surface area contributed by atoms with Crippen LogP contribution in [-0.2, 0) is 0 Å². The highest BCUT2D eigenvalue weighted by molar-refractivity contribution is 5.25. The van der Waals surface area contributed by atoms with Crippen molar-refractivity contribution in [3.8, 4) is 11.8 Å². The summed E-state index contributed by atoms with van der Waals surface area (Å²) in [6.07, 6.45) is 0.701. The monoisotopic (exact) mass is 192 g/mol. The molecule has 1 aromatic heterocycles. The molecule has 0 bridgehead atoms. The maximum absolute atomic E-state index is 5.46. The Hall–Kier alpha value is -1.24. The topological polar surface area (TPSA) is 51.2 Å². The maximum atomic E-state index is 5.46. The molecule has 3 heteroatoms. The highest BCUT2D eigenvalue weighted by atomic mass is 16.3. The van der Waals surface area contributed by atoms with Crippen LogP contribution in [0.1, 0.15) is 36.5 Å². The quantitative estimate of drug-likeness (QED) is 0.436. The second-order valence-electron chi connectivity index (χ2n) is 3.22. The molecule has 3 nitrogen and oxygen atoms in total. The van der Waals surface area contributed by atoms with Crippen molar-refractivity contribution in [1.29, 1.82) is 0 Å². The number of aryl methyl sites for hydroxylation is 2. The minimum absolute atomic E-state index is 0.0555. The first-order chi connectivity index (χ1) is 6.69. The average Bonchev–Trinajstić information content (AvgIpc) is 2.47. The van der Waals surface area contributed by atoms with Crippen molar-refractivity contribution in [2.24, 2.45) is 5.84 Å². The van der Waals surface area contributed by atoms with Gasteiger partial charge in [-0.2, -0.15) is 0 Å². The molecule has 1 atom stereocenters. The molecule has 1 aromatic rings. The van der Waals surface area contributed by atoms with Crippen LogP contribution in [0.5, 0.6) is 0 Å². The number of hydrazine groups is 1. The largest absolute Gasteiger partial charge is 0.466 e. The summed E-state index contributed by atoms with van der Waals surface area (Å²) in [5.41, 5.74) is 3.84. The summed E-state index contributed by atoms with van der Waals surface area (Å²) in [6.45, 7) is 5.68. The number of rotatable bonds is 3. The Morgan fingerprint density at radius 2 is 2.29 bits per heavy atom. The molecule has 0 spiro atoms. The van der Waals surface area contributed by atoms with E-state index < -0.39 is 0 Å². The van der Waals surface area contributed by atoms with Gasteiger partial charge in [0.1, 0.15) is 11.5 Å². The van der Waals surface area contributed by atoms with E-state index >= 15 is 0 Å². The summed E-state index contributed by atoms with van der Waals surface area (Å²) < 4.78 is 5.43. The molecule has 0 saturated heterocycles. The fraction of sp³-hybridized carbons (Fsp3) is 0.455. The molecule has 1 rings (SSSR count). The summed E-state index contributed by atoms with van der Waals surface area (Å²) in [7, 11) is 0. The molecule has 76 valence electrons. The van der Waals surface area contributed by atoms with Crippen molar-refractivity contribution in [2.75, 3.05) is 0 Å². The lowest BCUT2D eigenvalue weighted by Crippen LogP contribution is -2.27. The number of hydrogen-bond donors (Lipinski definition) is 2. The van der Waals surface area contributed by atoms with Gasteiger partial charge >= 0.3 is 0 Å². The molecular weight excluding hydrogens is 176 g/mol. The fourth-order valence-corrected chi connectivity index (χ4v) is 1.46. The third kappa shape index (κ3) is 2.38. The summed E-state index contributed by atoms with van der Waals surface area (Å²) in [5, 5.41) is 0. The highest BCUT2D eigenvalue weighted by Crippen LogP contribution is 2.22. The van der Waals surface area contributed by atoms with E-state index in [4.69, 9.17) is 10.3 Å². The Kier molecular flexibility index (Phi) is 3.75. The Balaban J connectivity index is 2.86.